The molecule has 0 aliphatic rings. The number of aliphatic hydroxyl groups excluding tert-OH is 1. The Morgan fingerprint density at radius 1 is 0.792 bits per heavy atom. The molecular weight excluding hydrogens is 304 g/mol. The van der Waals surface area contributed by atoms with E-state index in [0.717, 1.165) is 22.3 Å². The summed E-state index contributed by atoms with van der Waals surface area (Å²) in [5, 5.41) is 18.1. The number of carbonyl (C=O) groups is 1. The van der Waals surface area contributed by atoms with Gasteiger partial charge in [0.25, 0.3) is 0 Å². The van der Waals surface area contributed by atoms with Gasteiger partial charge in [-0.1, -0.05) is 42.5 Å². The van der Waals surface area contributed by atoms with Crippen LogP contribution in [0.1, 0.15) is 0 Å². The molecule has 0 aromatic heterocycles. The molecule has 24 heavy (non-hydrogen) atoms. The molecule has 3 aromatic rings. The molecule has 0 atom stereocenters. The van der Waals surface area contributed by atoms with Crippen LogP contribution in [0.25, 0.3) is 22.3 Å². The molecule has 0 aliphatic heterocycles. The van der Waals surface area contributed by atoms with Gasteiger partial charge in [-0.3, -0.25) is 0 Å². The van der Waals surface area contributed by atoms with E-state index < -0.39 is 12.6 Å². The Balaban J connectivity index is 1.86. The fourth-order valence-corrected chi connectivity index (χ4v) is 2.41. The average molecular weight is 320 g/mol. The molecule has 0 fully saturated rings. The molecule has 0 bridgehead atoms. The number of ether oxygens (including phenoxy) is 1. The first kappa shape index (κ1) is 15.8. The lowest BCUT2D eigenvalue weighted by molar-refractivity contribution is -0.137. The Labute approximate surface area is 139 Å². The maximum Gasteiger partial charge on any atom is 0.337 e. The van der Waals surface area contributed by atoms with Gasteiger partial charge >= 0.3 is 5.97 Å². The number of benzene rings is 3. The van der Waals surface area contributed by atoms with Crippen LogP contribution in [0.15, 0.2) is 72.8 Å². The van der Waals surface area contributed by atoms with Gasteiger partial charge in [0.1, 0.15) is 18.1 Å². The molecule has 0 saturated heterocycles. The second-order valence-electron chi connectivity index (χ2n) is 5.28. The van der Waals surface area contributed by atoms with E-state index in [1.54, 1.807) is 24.3 Å². The molecule has 0 heterocycles. The summed E-state index contributed by atoms with van der Waals surface area (Å²) in [6.07, 6.45) is 0. The second kappa shape index (κ2) is 6.98. The van der Waals surface area contributed by atoms with E-state index in [0.29, 0.717) is 5.75 Å². The highest BCUT2D eigenvalue weighted by Gasteiger charge is 2.05. The topological polar surface area (TPSA) is 66.8 Å². The highest BCUT2D eigenvalue weighted by atomic mass is 16.5. The van der Waals surface area contributed by atoms with E-state index in [9.17, 15) is 9.90 Å². The summed E-state index contributed by atoms with van der Waals surface area (Å²) in [5.41, 5.74) is 4.08. The average Bonchev–Trinajstić information content (AvgIpc) is 2.63. The highest BCUT2D eigenvalue weighted by Crippen LogP contribution is 2.28. The van der Waals surface area contributed by atoms with Gasteiger partial charge in [0.2, 0.25) is 0 Å². The van der Waals surface area contributed by atoms with Crippen molar-refractivity contribution in [2.45, 2.75) is 0 Å². The fourth-order valence-electron chi connectivity index (χ4n) is 2.41. The van der Waals surface area contributed by atoms with Crippen LogP contribution in [0.2, 0.25) is 0 Å². The molecule has 0 radical (unpaired) electrons. The highest BCUT2D eigenvalue weighted by molar-refractivity contribution is 5.75. The minimum atomic E-state index is -0.683. The third kappa shape index (κ3) is 3.62. The monoisotopic (exact) mass is 320 g/mol. The number of aromatic hydroxyl groups is 1. The maximum absolute atomic E-state index is 11.1. The van der Waals surface area contributed by atoms with Crippen LogP contribution in [0.3, 0.4) is 0 Å². The van der Waals surface area contributed by atoms with Crippen molar-refractivity contribution in [1.29, 1.82) is 0 Å². The zero-order chi connectivity index (χ0) is 16.9. The van der Waals surface area contributed by atoms with E-state index in [1.165, 1.54) is 0 Å². The molecule has 120 valence electrons. The number of rotatable bonds is 4. The summed E-state index contributed by atoms with van der Waals surface area (Å²) in [6.45, 7) is -0.642. The molecule has 3 rings (SSSR count). The first-order valence-electron chi connectivity index (χ1n) is 7.47. The first-order chi connectivity index (χ1) is 11.7. The van der Waals surface area contributed by atoms with E-state index in [-0.39, 0.29) is 5.75 Å². The Morgan fingerprint density at radius 2 is 1.33 bits per heavy atom. The minimum absolute atomic E-state index is 0.239. The molecule has 2 N–H and O–H groups in total. The summed E-state index contributed by atoms with van der Waals surface area (Å²) in [7, 11) is 0. The SMILES string of the molecule is O=C(CO)Oc1ccc(-c2cccc(-c3ccc(O)cc3)c2)cc1. The zero-order valence-corrected chi connectivity index (χ0v) is 12.8. The number of hydrogen-bond acceptors (Lipinski definition) is 4. The number of phenolic OH excluding ortho intramolecular Hbond substituents is 1. The van der Waals surface area contributed by atoms with Gasteiger partial charge < -0.3 is 14.9 Å². The lowest BCUT2D eigenvalue weighted by Crippen LogP contribution is -2.11. The molecule has 0 aliphatic carbocycles. The van der Waals surface area contributed by atoms with Crippen LogP contribution in [-0.4, -0.2) is 22.8 Å². The number of aliphatic hydroxyl groups is 1. The lowest BCUT2D eigenvalue weighted by atomic mass is 9.99. The van der Waals surface area contributed by atoms with Gasteiger partial charge in [0, 0.05) is 0 Å². The number of carbonyl (C=O) groups excluding carboxylic acids is 1. The van der Waals surface area contributed by atoms with Crippen molar-refractivity contribution in [3.8, 4) is 33.8 Å². The van der Waals surface area contributed by atoms with Crippen LogP contribution >= 0.6 is 0 Å². The smallest absolute Gasteiger partial charge is 0.337 e. The molecule has 0 unspecified atom stereocenters. The summed E-state index contributed by atoms with van der Waals surface area (Å²) < 4.78 is 4.95. The van der Waals surface area contributed by atoms with E-state index in [2.05, 4.69) is 6.07 Å². The first-order valence-corrected chi connectivity index (χ1v) is 7.47. The third-order valence-electron chi connectivity index (χ3n) is 3.61. The van der Waals surface area contributed by atoms with Crippen molar-refractivity contribution >= 4 is 5.97 Å². The van der Waals surface area contributed by atoms with Crippen LogP contribution in [0.4, 0.5) is 0 Å². The number of esters is 1. The van der Waals surface area contributed by atoms with Crippen molar-refractivity contribution in [3.05, 3.63) is 72.8 Å². The Bertz CT molecular complexity index is 836. The van der Waals surface area contributed by atoms with Crippen LogP contribution < -0.4 is 4.74 Å². The third-order valence-corrected chi connectivity index (χ3v) is 3.61. The van der Waals surface area contributed by atoms with E-state index >= 15 is 0 Å². The fraction of sp³-hybridized carbons (Fsp3) is 0.0500. The predicted molar refractivity (Wildman–Crippen MR) is 91.7 cm³/mol. The molecule has 3 aromatic carbocycles. The van der Waals surface area contributed by atoms with Gasteiger partial charge in [0.05, 0.1) is 0 Å². The standard InChI is InChI=1S/C20H16O4/c21-13-20(23)24-19-10-6-15(7-11-19)17-3-1-2-16(12-17)14-4-8-18(22)9-5-14/h1-12,21-22H,13H2. The quantitative estimate of drug-likeness (QED) is 0.569. The molecule has 0 saturated carbocycles. The number of hydrogen-bond donors (Lipinski definition) is 2. The summed E-state index contributed by atoms with van der Waals surface area (Å²) in [6, 6.07) is 22.2. The predicted octanol–water partition coefficient (Wildman–Crippen LogP) is 3.62. The summed E-state index contributed by atoms with van der Waals surface area (Å²) >= 11 is 0. The largest absolute Gasteiger partial charge is 0.508 e. The zero-order valence-electron chi connectivity index (χ0n) is 12.8. The Hall–Kier alpha value is -3.11. The van der Waals surface area contributed by atoms with Crippen molar-refractivity contribution in [1.82, 2.24) is 0 Å². The molecule has 4 heteroatoms. The summed E-state index contributed by atoms with van der Waals surface area (Å²) in [4.78, 5) is 11.1. The van der Waals surface area contributed by atoms with E-state index in [4.69, 9.17) is 9.84 Å². The molecule has 4 nitrogen and oxygen atoms in total. The Morgan fingerprint density at radius 3 is 1.88 bits per heavy atom. The van der Waals surface area contributed by atoms with Crippen molar-refractivity contribution in [2.24, 2.45) is 0 Å². The van der Waals surface area contributed by atoms with Gasteiger partial charge in [-0.25, -0.2) is 4.79 Å². The van der Waals surface area contributed by atoms with Crippen molar-refractivity contribution in [3.63, 3.8) is 0 Å². The lowest BCUT2D eigenvalue weighted by Gasteiger charge is -2.08. The number of phenols is 1. The van der Waals surface area contributed by atoms with Crippen LogP contribution in [0.5, 0.6) is 11.5 Å². The Kier molecular flexibility index (Phi) is 4.59. The minimum Gasteiger partial charge on any atom is -0.508 e. The van der Waals surface area contributed by atoms with Crippen LogP contribution in [-0.2, 0) is 4.79 Å². The van der Waals surface area contributed by atoms with Gasteiger partial charge in [-0.15, -0.1) is 0 Å². The van der Waals surface area contributed by atoms with Gasteiger partial charge in [-0.05, 0) is 52.6 Å². The van der Waals surface area contributed by atoms with Crippen LogP contribution in [0, 0.1) is 0 Å². The second-order valence-corrected chi connectivity index (χ2v) is 5.28. The molecular formula is C20H16O4. The maximum atomic E-state index is 11.1. The molecule has 0 spiro atoms. The van der Waals surface area contributed by atoms with Gasteiger partial charge in [0.15, 0.2) is 0 Å². The normalized spacial score (nSPS) is 10.4. The van der Waals surface area contributed by atoms with Crippen molar-refractivity contribution < 1.29 is 19.7 Å². The molecule has 0 amide bonds. The van der Waals surface area contributed by atoms with Gasteiger partial charge in [-0.2, -0.15) is 0 Å². The van der Waals surface area contributed by atoms with E-state index in [1.807, 2.05) is 42.5 Å². The summed E-state index contributed by atoms with van der Waals surface area (Å²) in [5.74, 6) is -0.0486. The van der Waals surface area contributed by atoms with Crippen molar-refractivity contribution in [2.75, 3.05) is 6.61 Å².